The van der Waals surface area contributed by atoms with Crippen LogP contribution >= 0.6 is 0 Å². The van der Waals surface area contributed by atoms with Crippen molar-refractivity contribution in [1.29, 1.82) is 5.53 Å². The molecule has 0 unspecified atom stereocenters. The fourth-order valence-corrected chi connectivity index (χ4v) is 0.175. The third kappa shape index (κ3) is 5.52. The van der Waals surface area contributed by atoms with Gasteiger partial charge in [-0.15, -0.1) is 0 Å². The molecule has 0 fully saturated rings. The fraction of sp³-hybridized carbons (Fsp3) is 1.00. The Morgan fingerprint density at radius 3 is 2.86 bits per heavy atom. The van der Waals surface area contributed by atoms with Crippen molar-refractivity contribution in [2.24, 2.45) is 5.11 Å². The SMILES string of the molecule is N=NCOCCO. The molecule has 7 heavy (non-hydrogen) atoms. The van der Waals surface area contributed by atoms with Crippen LogP contribution in [-0.4, -0.2) is 25.1 Å². The van der Waals surface area contributed by atoms with Crippen LogP contribution < -0.4 is 0 Å². The lowest BCUT2D eigenvalue weighted by atomic mass is 10.8. The third-order valence-corrected chi connectivity index (χ3v) is 0.391. The van der Waals surface area contributed by atoms with Crippen molar-refractivity contribution in [3.8, 4) is 0 Å². The molecule has 0 spiro atoms. The summed E-state index contributed by atoms with van der Waals surface area (Å²) in [7, 11) is 0. The molecule has 0 aromatic rings. The first kappa shape index (κ1) is 6.52. The van der Waals surface area contributed by atoms with Gasteiger partial charge in [0.15, 0.2) is 6.73 Å². The topological polar surface area (TPSA) is 65.7 Å². The van der Waals surface area contributed by atoms with Gasteiger partial charge < -0.3 is 9.84 Å². The van der Waals surface area contributed by atoms with Crippen molar-refractivity contribution < 1.29 is 9.84 Å². The van der Waals surface area contributed by atoms with Crippen LogP contribution in [0.1, 0.15) is 0 Å². The average molecular weight is 104 g/mol. The number of nitrogens with one attached hydrogen (secondary N) is 1. The van der Waals surface area contributed by atoms with Gasteiger partial charge in [-0.3, -0.25) is 0 Å². The maximum Gasteiger partial charge on any atom is 0.157 e. The van der Waals surface area contributed by atoms with Crippen LogP contribution in [-0.2, 0) is 4.74 Å². The van der Waals surface area contributed by atoms with E-state index in [0.717, 1.165) is 0 Å². The van der Waals surface area contributed by atoms with Crippen LogP contribution in [0.2, 0.25) is 0 Å². The first-order valence-corrected chi connectivity index (χ1v) is 1.93. The molecule has 0 amide bonds. The predicted octanol–water partition coefficient (Wildman–Crippen LogP) is -0.0162. The lowest BCUT2D eigenvalue weighted by molar-refractivity contribution is 0.0938. The standard InChI is InChI=1S/C3H8N2O2/c4-5-3-7-2-1-6/h4,6H,1-3H2. The molecule has 0 rings (SSSR count). The number of hydrogen-bond donors (Lipinski definition) is 2. The van der Waals surface area contributed by atoms with Crippen LogP contribution in [0.3, 0.4) is 0 Å². The van der Waals surface area contributed by atoms with Gasteiger partial charge in [-0.1, -0.05) is 0 Å². The van der Waals surface area contributed by atoms with Gasteiger partial charge in [-0.05, 0) is 0 Å². The van der Waals surface area contributed by atoms with E-state index in [-0.39, 0.29) is 19.9 Å². The van der Waals surface area contributed by atoms with Crippen molar-refractivity contribution in [3.63, 3.8) is 0 Å². The molecule has 0 saturated carbocycles. The molecule has 42 valence electrons. The second-order valence-corrected chi connectivity index (χ2v) is 0.919. The summed E-state index contributed by atoms with van der Waals surface area (Å²) in [6.45, 7) is 0.318. The molecule has 0 saturated heterocycles. The highest BCUT2D eigenvalue weighted by atomic mass is 16.5. The van der Waals surface area contributed by atoms with E-state index in [9.17, 15) is 0 Å². The Morgan fingerprint density at radius 1 is 1.71 bits per heavy atom. The number of aliphatic hydroxyl groups is 1. The molecule has 0 radical (unpaired) electrons. The molecule has 2 N–H and O–H groups in total. The molecule has 0 aliphatic rings. The minimum Gasteiger partial charge on any atom is -0.394 e. The Labute approximate surface area is 41.6 Å². The van der Waals surface area contributed by atoms with Crippen molar-refractivity contribution in [1.82, 2.24) is 0 Å². The zero-order valence-electron chi connectivity index (χ0n) is 3.92. The first-order chi connectivity index (χ1) is 3.41. The Morgan fingerprint density at radius 2 is 2.43 bits per heavy atom. The summed E-state index contributed by atoms with van der Waals surface area (Å²) in [6.07, 6.45) is 0. The van der Waals surface area contributed by atoms with Crippen molar-refractivity contribution >= 4 is 0 Å². The van der Waals surface area contributed by atoms with E-state index in [0.29, 0.717) is 0 Å². The molecule has 0 aromatic heterocycles. The second kappa shape index (κ2) is 5.52. The zero-order valence-corrected chi connectivity index (χ0v) is 3.92. The first-order valence-electron chi connectivity index (χ1n) is 1.93. The molecular formula is C3H8N2O2. The van der Waals surface area contributed by atoms with E-state index in [4.69, 9.17) is 10.6 Å². The van der Waals surface area contributed by atoms with E-state index in [1.807, 2.05) is 0 Å². The van der Waals surface area contributed by atoms with E-state index in [1.54, 1.807) is 0 Å². The van der Waals surface area contributed by atoms with Gasteiger partial charge in [0, 0.05) is 0 Å². The molecule has 0 heterocycles. The summed E-state index contributed by atoms with van der Waals surface area (Å²) in [4.78, 5) is 0. The van der Waals surface area contributed by atoms with Crippen LogP contribution in [0.5, 0.6) is 0 Å². The van der Waals surface area contributed by atoms with Gasteiger partial charge in [0.2, 0.25) is 0 Å². The third-order valence-electron chi connectivity index (χ3n) is 0.391. The summed E-state index contributed by atoms with van der Waals surface area (Å²) >= 11 is 0. The smallest absolute Gasteiger partial charge is 0.157 e. The van der Waals surface area contributed by atoms with E-state index in [2.05, 4.69) is 9.85 Å². The highest BCUT2D eigenvalue weighted by Gasteiger charge is 1.77. The zero-order chi connectivity index (χ0) is 5.54. The number of rotatable bonds is 4. The summed E-state index contributed by atoms with van der Waals surface area (Å²) in [5, 5.41) is 11.0. The quantitative estimate of drug-likeness (QED) is 0.389. The number of aliphatic hydroxyl groups excluding tert-OH is 1. The highest BCUT2D eigenvalue weighted by molar-refractivity contribution is 4.19. The van der Waals surface area contributed by atoms with Crippen molar-refractivity contribution in [2.75, 3.05) is 19.9 Å². The molecule has 0 aliphatic heterocycles. The summed E-state index contributed by atoms with van der Waals surface area (Å²) in [5.41, 5.74) is 6.20. The Bertz CT molecular complexity index is 48.2. The summed E-state index contributed by atoms with van der Waals surface area (Å²) in [5.74, 6) is 0. The van der Waals surface area contributed by atoms with E-state index < -0.39 is 0 Å². The molecule has 0 aliphatic carbocycles. The monoisotopic (exact) mass is 104 g/mol. The maximum atomic E-state index is 8.06. The van der Waals surface area contributed by atoms with Crippen LogP contribution in [0.4, 0.5) is 0 Å². The molecule has 4 nitrogen and oxygen atoms in total. The molecule has 0 atom stereocenters. The summed E-state index contributed by atoms with van der Waals surface area (Å²) < 4.78 is 4.53. The molecular weight excluding hydrogens is 96.0 g/mol. The molecule has 0 aromatic carbocycles. The van der Waals surface area contributed by atoms with Crippen LogP contribution in [0, 0.1) is 5.53 Å². The minimum atomic E-state index is -0.00444. The number of nitrogens with zero attached hydrogens (tertiary/aromatic N) is 1. The van der Waals surface area contributed by atoms with Crippen molar-refractivity contribution in [3.05, 3.63) is 0 Å². The lowest BCUT2D eigenvalue weighted by Gasteiger charge is -1.91. The molecule has 0 bridgehead atoms. The molecule has 4 heteroatoms. The Balaban J connectivity index is 2.56. The highest BCUT2D eigenvalue weighted by Crippen LogP contribution is 1.70. The maximum absolute atomic E-state index is 8.06. The van der Waals surface area contributed by atoms with Gasteiger partial charge in [-0.25, -0.2) is 5.53 Å². The Kier molecular flexibility index (Phi) is 5.14. The largest absolute Gasteiger partial charge is 0.394 e. The minimum absolute atomic E-state index is 0.00444. The van der Waals surface area contributed by atoms with Gasteiger partial charge >= 0.3 is 0 Å². The fourth-order valence-electron chi connectivity index (χ4n) is 0.175. The van der Waals surface area contributed by atoms with Gasteiger partial charge in [-0.2, -0.15) is 5.11 Å². The van der Waals surface area contributed by atoms with Gasteiger partial charge in [0.1, 0.15) is 0 Å². The van der Waals surface area contributed by atoms with E-state index >= 15 is 0 Å². The van der Waals surface area contributed by atoms with Gasteiger partial charge in [0.05, 0.1) is 13.2 Å². The number of ether oxygens (including phenoxy) is 1. The van der Waals surface area contributed by atoms with Gasteiger partial charge in [0.25, 0.3) is 0 Å². The van der Waals surface area contributed by atoms with Crippen LogP contribution in [0.25, 0.3) is 0 Å². The van der Waals surface area contributed by atoms with Crippen molar-refractivity contribution in [2.45, 2.75) is 0 Å². The average Bonchev–Trinajstić information content (AvgIpc) is 1.69. The summed E-state index contributed by atoms with van der Waals surface area (Å²) in [6, 6.07) is 0. The van der Waals surface area contributed by atoms with Crippen LogP contribution in [0.15, 0.2) is 5.11 Å². The predicted molar refractivity (Wildman–Crippen MR) is 23.1 cm³/mol. The lowest BCUT2D eigenvalue weighted by Crippen LogP contribution is -1.97. The second-order valence-electron chi connectivity index (χ2n) is 0.919. The Hall–Kier alpha value is -0.480. The van der Waals surface area contributed by atoms with E-state index in [1.165, 1.54) is 0 Å². The normalized spacial score (nSPS) is 8.71. The number of hydrogen-bond acceptors (Lipinski definition) is 4.